The molecule has 0 aliphatic heterocycles. The molecule has 0 spiro atoms. The fourth-order valence-corrected chi connectivity index (χ4v) is 5.06. The third-order valence-electron chi connectivity index (χ3n) is 5.54. The highest BCUT2D eigenvalue weighted by molar-refractivity contribution is 7.89. The smallest absolute Gasteiger partial charge is 0.353 e. The first kappa shape index (κ1) is 32.3. The van der Waals surface area contributed by atoms with Gasteiger partial charge in [-0.15, -0.1) is 0 Å². The highest BCUT2D eigenvalue weighted by Crippen LogP contribution is 2.26. The zero-order valence-corrected chi connectivity index (χ0v) is 24.0. The molecule has 0 fully saturated rings. The molecule has 0 aliphatic rings. The molecule has 0 saturated carbocycles. The molecule has 0 aliphatic carbocycles. The van der Waals surface area contributed by atoms with Crippen LogP contribution in [-0.4, -0.2) is 61.7 Å². The first-order valence-corrected chi connectivity index (χ1v) is 14.2. The third kappa shape index (κ3) is 9.68. The molecule has 216 valence electrons. The molecule has 15 heteroatoms. The van der Waals surface area contributed by atoms with Gasteiger partial charge in [0.25, 0.3) is 0 Å². The van der Waals surface area contributed by atoms with E-state index in [2.05, 4.69) is 20.1 Å². The van der Waals surface area contributed by atoms with Crippen LogP contribution in [0.1, 0.15) is 35.5 Å². The van der Waals surface area contributed by atoms with Crippen LogP contribution in [0, 0.1) is 6.92 Å². The second-order valence-corrected chi connectivity index (χ2v) is 11.3. The SMILES string of the molecule is COc1ccc(CN(Cc2ccc(OC)cc2)S(=O)(=O)[C@H](C)[C@H](O)c2ncc(C)cn2)cc1.NC(=O)N=S(=O)=O. The Morgan fingerprint density at radius 3 is 1.73 bits per heavy atom. The van der Waals surface area contributed by atoms with Crippen molar-refractivity contribution in [2.24, 2.45) is 10.1 Å². The number of primary amides is 1. The van der Waals surface area contributed by atoms with Gasteiger partial charge in [-0.25, -0.2) is 23.2 Å². The highest BCUT2D eigenvalue weighted by atomic mass is 32.2. The summed E-state index contributed by atoms with van der Waals surface area (Å²) in [7, 11) is -3.49. The lowest BCUT2D eigenvalue weighted by molar-refractivity contribution is 0.162. The van der Waals surface area contributed by atoms with E-state index in [0.717, 1.165) is 16.7 Å². The summed E-state index contributed by atoms with van der Waals surface area (Å²) in [4.78, 5) is 17.7. The van der Waals surface area contributed by atoms with Crippen molar-refractivity contribution < 1.29 is 36.2 Å². The van der Waals surface area contributed by atoms with Crippen molar-refractivity contribution in [3.05, 3.63) is 83.4 Å². The summed E-state index contributed by atoms with van der Waals surface area (Å²) in [6, 6.07) is 13.2. The molecule has 0 unspecified atom stereocenters. The Kier molecular flexibility index (Phi) is 12.1. The minimum Gasteiger partial charge on any atom is -0.497 e. The summed E-state index contributed by atoms with van der Waals surface area (Å²) in [5.74, 6) is 1.44. The van der Waals surface area contributed by atoms with E-state index < -0.39 is 37.9 Å². The van der Waals surface area contributed by atoms with Crippen LogP contribution in [0.25, 0.3) is 0 Å². The van der Waals surface area contributed by atoms with Crippen LogP contribution < -0.4 is 15.2 Å². The second-order valence-electron chi connectivity index (χ2n) is 8.42. The molecule has 1 heterocycles. The van der Waals surface area contributed by atoms with E-state index in [0.29, 0.717) is 11.5 Å². The van der Waals surface area contributed by atoms with Crippen LogP contribution in [0.15, 0.2) is 65.3 Å². The van der Waals surface area contributed by atoms with Crippen LogP contribution in [0.2, 0.25) is 0 Å². The molecule has 1 aromatic heterocycles. The van der Waals surface area contributed by atoms with Crippen LogP contribution >= 0.6 is 0 Å². The molecule has 40 heavy (non-hydrogen) atoms. The van der Waals surface area contributed by atoms with E-state index in [9.17, 15) is 26.7 Å². The number of nitrogens with two attached hydrogens (primary N) is 1. The molecule has 2 amide bonds. The number of rotatable bonds is 10. The fourth-order valence-electron chi connectivity index (χ4n) is 3.34. The minimum absolute atomic E-state index is 0.0746. The predicted molar refractivity (Wildman–Crippen MR) is 146 cm³/mol. The number of sulfonamides is 1. The number of ether oxygens (including phenoxy) is 2. The zero-order chi connectivity index (χ0) is 29.9. The van der Waals surface area contributed by atoms with Gasteiger partial charge < -0.3 is 20.3 Å². The molecule has 13 nitrogen and oxygen atoms in total. The molecule has 2 aromatic carbocycles. The number of amides is 2. The first-order valence-electron chi connectivity index (χ1n) is 11.7. The Bertz CT molecular complexity index is 1440. The van der Waals surface area contributed by atoms with Gasteiger partial charge in [0.05, 0.1) is 14.2 Å². The zero-order valence-electron chi connectivity index (χ0n) is 22.3. The minimum atomic E-state index is -3.95. The number of nitrogens with zero attached hydrogens (tertiary/aromatic N) is 4. The number of aliphatic hydroxyl groups is 1. The van der Waals surface area contributed by atoms with E-state index in [1.807, 2.05) is 31.2 Å². The van der Waals surface area contributed by atoms with Gasteiger partial charge in [0, 0.05) is 25.5 Å². The van der Waals surface area contributed by atoms with Crippen molar-refractivity contribution in [2.75, 3.05) is 14.2 Å². The number of urea groups is 1. The van der Waals surface area contributed by atoms with Gasteiger partial charge >= 0.3 is 16.5 Å². The summed E-state index contributed by atoms with van der Waals surface area (Å²) in [5, 5.41) is 9.61. The Labute approximate surface area is 234 Å². The standard InChI is InChI=1S/C24H29N3O5S.CH2N2O3S/c1-17-13-25-24(26-14-17)23(28)18(2)33(29,30)27(15-19-5-9-21(31-3)10-6-19)16-20-7-11-22(32-4)12-8-20;2-1(4)3-7(5)6/h5-14,18,23,28H,15-16H2,1-4H3;(H2,2,4)/t18-,23+;/m1./s1. The number of hydrogen-bond acceptors (Lipinski definition) is 10. The maximum atomic E-state index is 13.6. The van der Waals surface area contributed by atoms with Crippen molar-refractivity contribution in [1.29, 1.82) is 0 Å². The van der Waals surface area contributed by atoms with Crippen molar-refractivity contribution in [1.82, 2.24) is 14.3 Å². The van der Waals surface area contributed by atoms with E-state index in [1.165, 1.54) is 11.2 Å². The maximum Gasteiger partial charge on any atom is 0.353 e. The quantitative estimate of drug-likeness (QED) is 0.353. The Morgan fingerprint density at radius 1 is 0.975 bits per heavy atom. The molecule has 3 aromatic rings. The van der Waals surface area contributed by atoms with E-state index >= 15 is 0 Å². The number of carbonyl (C=O) groups excluding carboxylic acids is 1. The number of aromatic nitrogens is 2. The van der Waals surface area contributed by atoms with Crippen LogP contribution in [0.4, 0.5) is 4.79 Å². The summed E-state index contributed by atoms with van der Waals surface area (Å²) in [6.45, 7) is 3.55. The van der Waals surface area contributed by atoms with E-state index in [-0.39, 0.29) is 18.9 Å². The largest absolute Gasteiger partial charge is 0.497 e. The van der Waals surface area contributed by atoms with Gasteiger partial charge in [-0.3, -0.25) is 0 Å². The maximum absolute atomic E-state index is 13.6. The normalized spacial score (nSPS) is 12.4. The lowest BCUT2D eigenvalue weighted by Gasteiger charge is -2.28. The third-order valence-corrected chi connectivity index (χ3v) is 8.04. The Morgan fingerprint density at radius 2 is 1.40 bits per heavy atom. The highest BCUT2D eigenvalue weighted by Gasteiger charge is 2.36. The molecule has 3 rings (SSSR count). The van der Waals surface area contributed by atoms with Crippen molar-refractivity contribution >= 4 is 26.6 Å². The topological polar surface area (TPSA) is 191 Å². The average Bonchev–Trinajstić information content (AvgIpc) is 2.92. The molecular weight excluding hydrogens is 562 g/mol. The second kappa shape index (κ2) is 15.0. The summed E-state index contributed by atoms with van der Waals surface area (Å²) < 4.78 is 60.0. The Hall–Kier alpha value is -3.92. The van der Waals surface area contributed by atoms with Gasteiger partial charge in [0.15, 0.2) is 5.82 Å². The van der Waals surface area contributed by atoms with Crippen molar-refractivity contribution in [3.63, 3.8) is 0 Å². The lowest BCUT2D eigenvalue weighted by atomic mass is 10.2. The molecule has 0 bridgehead atoms. The van der Waals surface area contributed by atoms with Crippen LogP contribution in [0.5, 0.6) is 11.5 Å². The molecule has 0 radical (unpaired) electrons. The average molecular weight is 594 g/mol. The van der Waals surface area contributed by atoms with Gasteiger partial charge in [-0.05, 0) is 54.8 Å². The van der Waals surface area contributed by atoms with E-state index in [4.69, 9.17) is 9.47 Å². The Balaban J connectivity index is 0.000000708. The number of aliphatic hydroxyl groups excluding tert-OH is 1. The summed E-state index contributed by atoms with van der Waals surface area (Å²) in [6.07, 6.45) is 1.74. The lowest BCUT2D eigenvalue weighted by Crippen LogP contribution is -2.40. The number of carbonyl (C=O) groups is 1. The molecular formula is C25H31N5O8S2. The van der Waals surface area contributed by atoms with Crippen molar-refractivity contribution in [2.45, 2.75) is 38.3 Å². The van der Waals surface area contributed by atoms with Crippen LogP contribution in [0.3, 0.4) is 0 Å². The monoisotopic (exact) mass is 593 g/mol. The van der Waals surface area contributed by atoms with Crippen molar-refractivity contribution in [3.8, 4) is 11.5 Å². The van der Waals surface area contributed by atoms with Gasteiger partial charge in [0.1, 0.15) is 22.9 Å². The molecule has 0 saturated heterocycles. The molecule has 2 atom stereocenters. The number of methoxy groups -OCH3 is 2. The van der Waals surface area contributed by atoms with Gasteiger partial charge in [-0.2, -0.15) is 12.7 Å². The molecule has 3 N–H and O–H groups in total. The van der Waals surface area contributed by atoms with E-state index in [1.54, 1.807) is 50.9 Å². The van der Waals surface area contributed by atoms with Gasteiger partial charge in [0.2, 0.25) is 10.0 Å². The summed E-state index contributed by atoms with van der Waals surface area (Å²) >= 11 is 0. The number of aryl methyl sites for hydroxylation is 1. The summed E-state index contributed by atoms with van der Waals surface area (Å²) in [5.41, 5.74) is 6.70. The van der Waals surface area contributed by atoms with Gasteiger partial charge in [-0.1, -0.05) is 28.6 Å². The predicted octanol–water partition coefficient (Wildman–Crippen LogP) is 2.38. The first-order chi connectivity index (χ1) is 18.9. The number of hydrogen-bond donors (Lipinski definition) is 2. The number of benzene rings is 2. The fraction of sp³-hybridized carbons (Fsp3) is 0.320. The van der Waals surface area contributed by atoms with Crippen LogP contribution in [-0.2, 0) is 33.6 Å².